The van der Waals surface area contributed by atoms with Crippen molar-refractivity contribution in [3.8, 4) is 0 Å². The summed E-state index contributed by atoms with van der Waals surface area (Å²) in [5, 5.41) is 4.86. The van der Waals surface area contributed by atoms with Crippen LogP contribution in [-0.2, 0) is 11.2 Å². The topological polar surface area (TPSA) is 69.7 Å². The summed E-state index contributed by atoms with van der Waals surface area (Å²) in [7, 11) is 0. The number of nitrogens with zero attached hydrogens (tertiary/aromatic N) is 2. The minimum absolute atomic E-state index is 0.0532. The average molecular weight is 462 g/mol. The number of thiophene rings is 1. The van der Waals surface area contributed by atoms with Crippen LogP contribution in [0, 0.1) is 0 Å². The minimum Gasteiger partial charge on any atom is -0.336 e. The van der Waals surface area contributed by atoms with Gasteiger partial charge in [0, 0.05) is 37.4 Å². The van der Waals surface area contributed by atoms with Crippen molar-refractivity contribution < 1.29 is 14.4 Å². The summed E-state index contributed by atoms with van der Waals surface area (Å²) < 4.78 is 0. The van der Waals surface area contributed by atoms with E-state index in [0.29, 0.717) is 42.2 Å². The van der Waals surface area contributed by atoms with Crippen LogP contribution in [0.2, 0.25) is 0 Å². The number of carbonyl (C=O) groups excluding carboxylic acids is 3. The molecule has 1 aliphatic heterocycles. The van der Waals surface area contributed by atoms with E-state index in [1.54, 1.807) is 35.2 Å². The first-order valence-electron chi connectivity index (χ1n) is 11.1. The molecule has 0 unspecified atom stereocenters. The lowest BCUT2D eigenvalue weighted by atomic mass is 10.0. The maximum absolute atomic E-state index is 13.2. The zero-order valence-electron chi connectivity index (χ0n) is 18.6. The number of benzene rings is 2. The van der Waals surface area contributed by atoms with E-state index >= 15 is 0 Å². The lowest BCUT2D eigenvalue weighted by Crippen LogP contribution is -2.50. The molecule has 1 aromatic heterocycles. The number of piperazine rings is 1. The fourth-order valence-electron chi connectivity index (χ4n) is 4.03. The summed E-state index contributed by atoms with van der Waals surface area (Å²) in [6, 6.07) is 18.4. The molecule has 3 aromatic rings. The van der Waals surface area contributed by atoms with E-state index in [0.717, 1.165) is 17.7 Å². The first-order chi connectivity index (χ1) is 16.1. The lowest BCUT2D eigenvalue weighted by molar-refractivity contribution is -0.117. The van der Waals surface area contributed by atoms with Crippen molar-refractivity contribution in [3.05, 3.63) is 87.6 Å². The number of para-hydroxylation sites is 1. The van der Waals surface area contributed by atoms with Gasteiger partial charge in [0.2, 0.25) is 11.7 Å². The minimum atomic E-state index is -0.142. The Morgan fingerprint density at radius 1 is 0.879 bits per heavy atom. The molecule has 2 aromatic carbocycles. The Labute approximate surface area is 197 Å². The molecular weight excluding hydrogens is 434 g/mol. The highest BCUT2D eigenvalue weighted by molar-refractivity contribution is 7.12. The van der Waals surface area contributed by atoms with Crippen molar-refractivity contribution in [2.24, 2.45) is 0 Å². The van der Waals surface area contributed by atoms with Crippen molar-refractivity contribution in [2.75, 3.05) is 38.0 Å². The van der Waals surface area contributed by atoms with E-state index in [2.05, 4.69) is 17.1 Å². The van der Waals surface area contributed by atoms with Crippen molar-refractivity contribution in [3.63, 3.8) is 0 Å². The largest absolute Gasteiger partial charge is 0.336 e. The van der Waals surface area contributed by atoms with Crippen molar-refractivity contribution in [1.82, 2.24) is 9.80 Å². The predicted octanol–water partition coefficient (Wildman–Crippen LogP) is 3.94. The number of carbonyl (C=O) groups is 3. The fraction of sp³-hybridized carbons (Fsp3) is 0.269. The molecule has 6 nitrogen and oxygen atoms in total. The Hall–Kier alpha value is -3.29. The number of hydrogen-bond acceptors (Lipinski definition) is 5. The summed E-state index contributed by atoms with van der Waals surface area (Å²) in [6.45, 7) is 4.59. The van der Waals surface area contributed by atoms with Crippen LogP contribution < -0.4 is 5.32 Å². The molecule has 1 fully saturated rings. The highest BCUT2D eigenvalue weighted by Crippen LogP contribution is 2.20. The van der Waals surface area contributed by atoms with Crippen LogP contribution in [-0.4, -0.2) is 60.1 Å². The average Bonchev–Trinajstić information content (AvgIpc) is 3.39. The summed E-state index contributed by atoms with van der Waals surface area (Å²) in [5.41, 5.74) is 2.82. The van der Waals surface area contributed by atoms with E-state index in [-0.39, 0.29) is 24.1 Å². The van der Waals surface area contributed by atoms with E-state index in [1.165, 1.54) is 11.3 Å². The summed E-state index contributed by atoms with van der Waals surface area (Å²) in [4.78, 5) is 43.1. The van der Waals surface area contributed by atoms with Crippen molar-refractivity contribution in [2.45, 2.75) is 13.3 Å². The van der Waals surface area contributed by atoms with E-state index in [4.69, 9.17) is 0 Å². The van der Waals surface area contributed by atoms with Gasteiger partial charge in [0.25, 0.3) is 5.91 Å². The number of rotatable bonds is 7. The highest BCUT2D eigenvalue weighted by Gasteiger charge is 2.26. The van der Waals surface area contributed by atoms with Gasteiger partial charge < -0.3 is 10.2 Å². The van der Waals surface area contributed by atoms with Gasteiger partial charge >= 0.3 is 0 Å². The summed E-state index contributed by atoms with van der Waals surface area (Å²) in [6.07, 6.45) is 0.855. The first kappa shape index (κ1) is 22.9. The number of hydrogen-bond donors (Lipinski definition) is 1. The molecule has 7 heteroatoms. The molecule has 2 heterocycles. The maximum Gasteiger partial charge on any atom is 0.254 e. The van der Waals surface area contributed by atoms with Crippen LogP contribution in [0.25, 0.3) is 0 Å². The Kier molecular flexibility index (Phi) is 7.32. The number of aryl methyl sites for hydroxylation is 1. The summed E-state index contributed by atoms with van der Waals surface area (Å²) >= 11 is 1.37. The third-order valence-corrected chi connectivity index (χ3v) is 6.71. The van der Waals surface area contributed by atoms with E-state index < -0.39 is 0 Å². The maximum atomic E-state index is 13.2. The molecule has 170 valence electrons. The molecule has 0 saturated carbocycles. The van der Waals surface area contributed by atoms with Crippen LogP contribution in [0.5, 0.6) is 0 Å². The predicted molar refractivity (Wildman–Crippen MR) is 131 cm³/mol. The van der Waals surface area contributed by atoms with Crippen molar-refractivity contribution in [1.29, 1.82) is 0 Å². The SMILES string of the molecule is CCc1ccccc1NC(=O)CN1CCN(C(=O)c2ccccc2C(=O)c2cccs2)CC1. The number of anilines is 1. The van der Waals surface area contributed by atoms with Gasteiger partial charge in [0.15, 0.2) is 0 Å². The Bertz CT molecular complexity index is 1140. The molecule has 2 amide bonds. The summed E-state index contributed by atoms with van der Waals surface area (Å²) in [5.74, 6) is -0.323. The molecule has 0 atom stereocenters. The molecule has 0 radical (unpaired) electrons. The molecule has 33 heavy (non-hydrogen) atoms. The molecule has 1 saturated heterocycles. The molecule has 0 spiro atoms. The zero-order valence-corrected chi connectivity index (χ0v) is 19.4. The standard InChI is InChI=1S/C26H27N3O3S/c1-2-19-8-3-6-11-22(19)27-24(30)18-28-13-15-29(16-14-28)26(32)21-10-5-4-9-20(21)25(31)23-12-7-17-33-23/h3-12,17H,2,13-16,18H2,1H3,(H,27,30). The van der Waals surface area contributed by atoms with Gasteiger partial charge in [-0.1, -0.05) is 49.4 Å². The lowest BCUT2D eigenvalue weighted by Gasteiger charge is -2.34. The van der Waals surface area contributed by atoms with Gasteiger partial charge in [-0.3, -0.25) is 19.3 Å². The van der Waals surface area contributed by atoms with Gasteiger partial charge in [-0.2, -0.15) is 0 Å². The van der Waals surface area contributed by atoms with Crippen LogP contribution in [0.4, 0.5) is 5.69 Å². The van der Waals surface area contributed by atoms with Gasteiger partial charge in [0.05, 0.1) is 17.0 Å². The second-order valence-electron chi connectivity index (χ2n) is 7.98. The molecule has 0 bridgehead atoms. The highest BCUT2D eigenvalue weighted by atomic mass is 32.1. The third kappa shape index (κ3) is 5.38. The number of nitrogens with one attached hydrogen (secondary N) is 1. The van der Waals surface area contributed by atoms with Gasteiger partial charge in [0.1, 0.15) is 0 Å². The fourth-order valence-corrected chi connectivity index (χ4v) is 4.71. The molecule has 1 aliphatic rings. The van der Waals surface area contributed by atoms with Gasteiger partial charge in [-0.05, 0) is 35.6 Å². The van der Waals surface area contributed by atoms with Crippen LogP contribution in [0.15, 0.2) is 66.0 Å². The number of amides is 2. The zero-order chi connectivity index (χ0) is 23.2. The van der Waals surface area contributed by atoms with E-state index in [1.807, 2.05) is 35.7 Å². The Morgan fingerprint density at radius 2 is 1.58 bits per heavy atom. The smallest absolute Gasteiger partial charge is 0.254 e. The Balaban J connectivity index is 1.35. The molecule has 0 aliphatic carbocycles. The van der Waals surface area contributed by atoms with Gasteiger partial charge in [-0.25, -0.2) is 0 Å². The second kappa shape index (κ2) is 10.6. The molecule has 4 rings (SSSR count). The van der Waals surface area contributed by atoms with Crippen LogP contribution in [0.1, 0.15) is 38.1 Å². The number of ketones is 1. The van der Waals surface area contributed by atoms with Crippen LogP contribution >= 0.6 is 11.3 Å². The van der Waals surface area contributed by atoms with Crippen molar-refractivity contribution >= 4 is 34.6 Å². The quantitative estimate of drug-likeness (QED) is 0.541. The first-order valence-corrected chi connectivity index (χ1v) is 12.0. The monoisotopic (exact) mass is 461 g/mol. The van der Waals surface area contributed by atoms with Crippen LogP contribution in [0.3, 0.4) is 0 Å². The third-order valence-electron chi connectivity index (χ3n) is 5.85. The molecule has 1 N–H and O–H groups in total. The Morgan fingerprint density at radius 3 is 2.27 bits per heavy atom. The van der Waals surface area contributed by atoms with Gasteiger partial charge in [-0.15, -0.1) is 11.3 Å². The normalized spacial score (nSPS) is 14.2. The molecular formula is C26H27N3O3S. The second-order valence-corrected chi connectivity index (χ2v) is 8.93. The van der Waals surface area contributed by atoms with E-state index in [9.17, 15) is 14.4 Å².